The third-order valence-corrected chi connectivity index (χ3v) is 4.90. The number of anilines is 1. The van der Waals surface area contributed by atoms with Crippen molar-refractivity contribution in [2.75, 3.05) is 11.9 Å². The van der Waals surface area contributed by atoms with Gasteiger partial charge in [0.1, 0.15) is 17.2 Å². The highest BCUT2D eigenvalue weighted by molar-refractivity contribution is 5.97. The number of carbonyl (C=O) groups excluding carboxylic acids is 2. The van der Waals surface area contributed by atoms with Crippen LogP contribution in [0.4, 0.5) is 5.69 Å². The van der Waals surface area contributed by atoms with Crippen LogP contribution >= 0.6 is 0 Å². The van der Waals surface area contributed by atoms with Crippen LogP contribution in [-0.2, 0) is 11.3 Å². The van der Waals surface area contributed by atoms with Crippen LogP contribution in [0.3, 0.4) is 0 Å². The monoisotopic (exact) mass is 452 g/mol. The number of nitrogens with one attached hydrogen (secondary N) is 2. The van der Waals surface area contributed by atoms with E-state index in [0.717, 1.165) is 11.3 Å². The zero-order valence-corrected chi connectivity index (χ0v) is 18.4. The van der Waals surface area contributed by atoms with Crippen molar-refractivity contribution in [3.63, 3.8) is 0 Å². The van der Waals surface area contributed by atoms with E-state index in [0.29, 0.717) is 29.3 Å². The van der Waals surface area contributed by atoms with E-state index in [1.54, 1.807) is 48.5 Å². The first-order valence-electron chi connectivity index (χ1n) is 10.8. The van der Waals surface area contributed by atoms with Crippen LogP contribution in [-0.4, -0.2) is 18.4 Å². The van der Waals surface area contributed by atoms with Crippen molar-refractivity contribution in [2.24, 2.45) is 0 Å². The van der Waals surface area contributed by atoms with Crippen LogP contribution < -0.4 is 20.1 Å². The molecule has 6 heteroatoms. The molecule has 0 bridgehead atoms. The van der Waals surface area contributed by atoms with Gasteiger partial charge in [-0.15, -0.1) is 0 Å². The van der Waals surface area contributed by atoms with Gasteiger partial charge in [0.2, 0.25) is 0 Å². The predicted octanol–water partition coefficient (Wildman–Crippen LogP) is 5.43. The molecule has 4 aromatic rings. The molecule has 0 saturated heterocycles. The summed E-state index contributed by atoms with van der Waals surface area (Å²) in [5.74, 6) is 1.13. The number of ether oxygens (including phenoxy) is 2. The van der Waals surface area contributed by atoms with E-state index in [4.69, 9.17) is 9.47 Å². The minimum Gasteiger partial charge on any atom is -0.483 e. The normalized spacial score (nSPS) is 10.2. The van der Waals surface area contributed by atoms with E-state index in [1.807, 2.05) is 60.7 Å². The molecule has 0 heterocycles. The van der Waals surface area contributed by atoms with Crippen LogP contribution in [0.25, 0.3) is 0 Å². The van der Waals surface area contributed by atoms with Gasteiger partial charge in [-0.3, -0.25) is 9.59 Å². The Morgan fingerprint density at radius 3 is 2.03 bits per heavy atom. The average molecular weight is 453 g/mol. The first-order chi connectivity index (χ1) is 16.7. The summed E-state index contributed by atoms with van der Waals surface area (Å²) in [5, 5.41) is 5.65. The minimum atomic E-state index is -0.337. The van der Waals surface area contributed by atoms with Gasteiger partial charge in [-0.25, -0.2) is 0 Å². The number of rotatable bonds is 9. The highest BCUT2D eigenvalue weighted by Gasteiger charge is 2.13. The summed E-state index contributed by atoms with van der Waals surface area (Å²) in [6, 6.07) is 33.0. The number of amides is 2. The molecule has 4 aromatic carbocycles. The second-order valence-electron chi connectivity index (χ2n) is 7.44. The van der Waals surface area contributed by atoms with Crippen molar-refractivity contribution in [3.05, 3.63) is 120 Å². The number of hydrogen-bond acceptors (Lipinski definition) is 4. The lowest BCUT2D eigenvalue weighted by molar-refractivity contribution is -0.118. The summed E-state index contributed by atoms with van der Waals surface area (Å²) in [6.07, 6.45) is 0. The van der Waals surface area contributed by atoms with E-state index >= 15 is 0 Å². The fourth-order valence-corrected chi connectivity index (χ4v) is 3.22. The molecule has 6 nitrogen and oxygen atoms in total. The highest BCUT2D eigenvalue weighted by atomic mass is 16.5. The fourth-order valence-electron chi connectivity index (χ4n) is 3.22. The third-order valence-electron chi connectivity index (χ3n) is 4.90. The molecule has 0 radical (unpaired) electrons. The largest absolute Gasteiger partial charge is 0.483 e. The van der Waals surface area contributed by atoms with Gasteiger partial charge in [-0.05, 0) is 54.1 Å². The zero-order valence-electron chi connectivity index (χ0n) is 18.4. The first kappa shape index (κ1) is 22.6. The molecular formula is C28H24N2O4. The summed E-state index contributed by atoms with van der Waals surface area (Å²) in [4.78, 5) is 25.0. The molecule has 2 N–H and O–H groups in total. The molecule has 0 unspecified atom stereocenters. The maximum Gasteiger partial charge on any atom is 0.262 e. The van der Waals surface area contributed by atoms with Gasteiger partial charge in [0.05, 0.1) is 5.56 Å². The van der Waals surface area contributed by atoms with Crippen molar-refractivity contribution < 1.29 is 19.1 Å². The number of hydrogen-bond donors (Lipinski definition) is 2. The highest BCUT2D eigenvalue weighted by Crippen LogP contribution is 2.23. The average Bonchev–Trinajstić information content (AvgIpc) is 2.88. The lowest BCUT2D eigenvalue weighted by Gasteiger charge is -2.12. The van der Waals surface area contributed by atoms with E-state index in [-0.39, 0.29) is 18.4 Å². The molecule has 4 rings (SSSR count). The van der Waals surface area contributed by atoms with E-state index in [2.05, 4.69) is 10.6 Å². The molecule has 0 saturated carbocycles. The first-order valence-corrected chi connectivity index (χ1v) is 10.8. The van der Waals surface area contributed by atoms with Gasteiger partial charge in [-0.1, -0.05) is 60.7 Å². The molecule has 170 valence electrons. The number of para-hydroxylation sites is 2. The molecular weight excluding hydrogens is 428 g/mol. The SMILES string of the molecule is O=C(COc1ccccc1C(=O)NCc1ccccc1)Nc1ccc(Oc2ccccc2)cc1. The molecule has 0 aliphatic rings. The molecule has 0 atom stereocenters. The van der Waals surface area contributed by atoms with Crippen LogP contribution in [0.1, 0.15) is 15.9 Å². The summed E-state index contributed by atoms with van der Waals surface area (Å²) in [5.41, 5.74) is 1.98. The maximum atomic E-state index is 12.6. The number of carbonyl (C=O) groups is 2. The van der Waals surface area contributed by atoms with Crippen molar-refractivity contribution in [2.45, 2.75) is 6.54 Å². The van der Waals surface area contributed by atoms with Gasteiger partial charge in [0.25, 0.3) is 11.8 Å². The Morgan fingerprint density at radius 1 is 0.676 bits per heavy atom. The lowest BCUT2D eigenvalue weighted by Crippen LogP contribution is -2.25. The standard InChI is InChI=1S/C28H24N2O4/c31-27(30-22-15-17-24(18-16-22)34-23-11-5-2-6-12-23)20-33-26-14-8-7-13-25(26)28(32)29-19-21-9-3-1-4-10-21/h1-18H,19-20H2,(H,29,32)(H,30,31). The zero-order chi connectivity index (χ0) is 23.6. The second-order valence-corrected chi connectivity index (χ2v) is 7.44. The maximum absolute atomic E-state index is 12.6. The van der Waals surface area contributed by atoms with Crippen molar-refractivity contribution in [1.82, 2.24) is 5.32 Å². The Hall–Kier alpha value is -4.58. The molecule has 0 aliphatic heterocycles. The van der Waals surface area contributed by atoms with Gasteiger partial charge in [0, 0.05) is 12.2 Å². The lowest BCUT2D eigenvalue weighted by atomic mass is 10.1. The minimum absolute atomic E-state index is 0.231. The second kappa shape index (κ2) is 11.3. The molecule has 34 heavy (non-hydrogen) atoms. The Labute approximate surface area is 198 Å². The summed E-state index contributed by atoms with van der Waals surface area (Å²) in [7, 11) is 0. The molecule has 0 aliphatic carbocycles. The van der Waals surface area contributed by atoms with Crippen molar-refractivity contribution in [3.8, 4) is 17.2 Å². The van der Waals surface area contributed by atoms with E-state index < -0.39 is 0 Å². The van der Waals surface area contributed by atoms with Crippen LogP contribution in [0.2, 0.25) is 0 Å². The Bertz CT molecular complexity index is 1230. The summed E-state index contributed by atoms with van der Waals surface area (Å²) >= 11 is 0. The van der Waals surface area contributed by atoms with Gasteiger partial charge in [0.15, 0.2) is 6.61 Å². The predicted molar refractivity (Wildman–Crippen MR) is 131 cm³/mol. The summed E-state index contributed by atoms with van der Waals surface area (Å²) < 4.78 is 11.4. The smallest absolute Gasteiger partial charge is 0.262 e. The Kier molecular flexibility index (Phi) is 7.54. The third kappa shape index (κ3) is 6.46. The molecule has 0 aromatic heterocycles. The molecule has 0 fully saturated rings. The van der Waals surface area contributed by atoms with Crippen LogP contribution in [0.5, 0.6) is 17.2 Å². The van der Waals surface area contributed by atoms with E-state index in [9.17, 15) is 9.59 Å². The molecule has 2 amide bonds. The Morgan fingerprint density at radius 2 is 1.29 bits per heavy atom. The Balaban J connectivity index is 1.29. The quantitative estimate of drug-likeness (QED) is 0.355. The number of benzene rings is 4. The van der Waals surface area contributed by atoms with E-state index in [1.165, 1.54) is 0 Å². The topological polar surface area (TPSA) is 76.7 Å². The van der Waals surface area contributed by atoms with Crippen molar-refractivity contribution in [1.29, 1.82) is 0 Å². The van der Waals surface area contributed by atoms with Crippen LogP contribution in [0, 0.1) is 0 Å². The van der Waals surface area contributed by atoms with Crippen LogP contribution in [0.15, 0.2) is 109 Å². The molecule has 0 spiro atoms. The van der Waals surface area contributed by atoms with Gasteiger partial charge < -0.3 is 20.1 Å². The summed E-state index contributed by atoms with van der Waals surface area (Å²) in [6.45, 7) is 0.170. The fraction of sp³-hybridized carbons (Fsp3) is 0.0714. The van der Waals surface area contributed by atoms with Gasteiger partial charge in [-0.2, -0.15) is 0 Å². The van der Waals surface area contributed by atoms with Gasteiger partial charge >= 0.3 is 0 Å². The van der Waals surface area contributed by atoms with Crippen molar-refractivity contribution >= 4 is 17.5 Å².